The van der Waals surface area contributed by atoms with Gasteiger partial charge in [-0.1, -0.05) is 0 Å². The number of hydrogen-bond acceptors (Lipinski definition) is 5. The lowest BCUT2D eigenvalue weighted by Gasteiger charge is -2.11. The molecular weight excluding hydrogens is 228 g/mol. The lowest BCUT2D eigenvalue weighted by atomic mass is 10.1. The quantitative estimate of drug-likeness (QED) is 0.808. The maximum atomic E-state index is 11.8. The van der Waals surface area contributed by atoms with E-state index in [1.807, 2.05) is 0 Å². The van der Waals surface area contributed by atoms with Crippen molar-refractivity contribution in [2.24, 2.45) is 0 Å². The highest BCUT2D eigenvalue weighted by molar-refractivity contribution is 7.14. The molecule has 0 aliphatic heterocycles. The third kappa shape index (κ3) is 2.33. The molecular formula is C10H14N2O3S. The van der Waals surface area contributed by atoms with Crippen LogP contribution >= 0.6 is 11.3 Å². The fraction of sp³-hybridized carbons (Fsp3) is 0.400. The number of thiophene rings is 1. The van der Waals surface area contributed by atoms with Crippen molar-refractivity contribution in [1.82, 2.24) is 4.90 Å². The number of esters is 1. The Morgan fingerprint density at radius 3 is 2.62 bits per heavy atom. The predicted molar refractivity (Wildman–Crippen MR) is 62.7 cm³/mol. The van der Waals surface area contributed by atoms with Crippen molar-refractivity contribution >= 4 is 28.2 Å². The number of anilines is 1. The highest BCUT2D eigenvalue weighted by atomic mass is 32.1. The van der Waals surface area contributed by atoms with Gasteiger partial charge in [0.15, 0.2) is 0 Å². The smallest absolute Gasteiger partial charge is 0.339 e. The summed E-state index contributed by atoms with van der Waals surface area (Å²) < 4.78 is 4.85. The summed E-state index contributed by atoms with van der Waals surface area (Å²) in [6.45, 7) is 1.98. The third-order valence-electron chi connectivity index (χ3n) is 1.93. The van der Waals surface area contributed by atoms with Gasteiger partial charge in [0.1, 0.15) is 0 Å². The predicted octanol–water partition coefficient (Wildman–Crippen LogP) is 1.21. The van der Waals surface area contributed by atoms with Crippen molar-refractivity contribution in [3.63, 3.8) is 0 Å². The summed E-state index contributed by atoms with van der Waals surface area (Å²) in [6, 6.07) is 0. The molecule has 6 heteroatoms. The second kappa shape index (κ2) is 4.98. The number of nitrogen functional groups attached to an aromatic ring is 1. The molecule has 0 atom stereocenters. The molecule has 2 N–H and O–H groups in total. The average molecular weight is 242 g/mol. The van der Waals surface area contributed by atoms with Crippen molar-refractivity contribution in [3.8, 4) is 0 Å². The van der Waals surface area contributed by atoms with E-state index in [9.17, 15) is 9.59 Å². The van der Waals surface area contributed by atoms with Crippen LogP contribution < -0.4 is 5.73 Å². The van der Waals surface area contributed by atoms with Crippen LogP contribution in [0.15, 0.2) is 5.38 Å². The molecule has 0 aliphatic rings. The molecule has 1 aromatic rings. The molecule has 1 rings (SSSR count). The molecule has 88 valence electrons. The van der Waals surface area contributed by atoms with E-state index in [1.54, 1.807) is 26.4 Å². The van der Waals surface area contributed by atoms with Crippen molar-refractivity contribution < 1.29 is 14.3 Å². The summed E-state index contributed by atoms with van der Waals surface area (Å²) in [7, 11) is 3.21. The Morgan fingerprint density at radius 1 is 1.50 bits per heavy atom. The van der Waals surface area contributed by atoms with E-state index in [0.29, 0.717) is 5.00 Å². The van der Waals surface area contributed by atoms with Crippen molar-refractivity contribution in [2.75, 3.05) is 26.4 Å². The normalized spacial score (nSPS) is 9.94. The van der Waals surface area contributed by atoms with E-state index in [0.717, 1.165) is 11.3 Å². The van der Waals surface area contributed by atoms with Gasteiger partial charge in [-0.05, 0) is 6.92 Å². The Morgan fingerprint density at radius 2 is 2.12 bits per heavy atom. The van der Waals surface area contributed by atoms with Gasteiger partial charge < -0.3 is 15.4 Å². The van der Waals surface area contributed by atoms with Crippen LogP contribution in [0, 0.1) is 0 Å². The molecule has 1 heterocycles. The zero-order valence-corrected chi connectivity index (χ0v) is 10.3. The molecule has 0 spiro atoms. The van der Waals surface area contributed by atoms with Crippen LogP contribution in [0.4, 0.5) is 5.00 Å². The first-order chi connectivity index (χ1) is 7.49. The summed E-state index contributed by atoms with van der Waals surface area (Å²) in [5.74, 6) is -0.803. The minimum absolute atomic E-state index is 0.230. The van der Waals surface area contributed by atoms with Gasteiger partial charge in [-0.3, -0.25) is 4.79 Å². The SMILES string of the molecule is CCOC(=O)c1csc(N)c1C(=O)N(C)C. The van der Waals surface area contributed by atoms with Gasteiger partial charge in [-0.25, -0.2) is 4.79 Å². The van der Waals surface area contributed by atoms with E-state index in [-0.39, 0.29) is 23.6 Å². The first kappa shape index (κ1) is 12.5. The van der Waals surface area contributed by atoms with E-state index in [2.05, 4.69) is 0 Å². The second-order valence-corrected chi connectivity index (χ2v) is 4.22. The number of hydrogen-bond donors (Lipinski definition) is 1. The summed E-state index contributed by atoms with van der Waals surface area (Å²) >= 11 is 1.16. The van der Waals surface area contributed by atoms with E-state index in [4.69, 9.17) is 10.5 Å². The first-order valence-corrected chi connectivity index (χ1v) is 5.62. The number of rotatable bonds is 3. The van der Waals surface area contributed by atoms with Gasteiger partial charge in [-0.15, -0.1) is 11.3 Å². The van der Waals surface area contributed by atoms with Gasteiger partial charge in [0.25, 0.3) is 5.91 Å². The van der Waals surface area contributed by atoms with Gasteiger partial charge in [0.05, 0.1) is 22.7 Å². The summed E-state index contributed by atoms with van der Waals surface area (Å²) in [4.78, 5) is 24.7. The minimum atomic E-state index is -0.513. The maximum Gasteiger partial charge on any atom is 0.339 e. The molecule has 0 aliphatic carbocycles. The van der Waals surface area contributed by atoms with Gasteiger partial charge >= 0.3 is 5.97 Å². The van der Waals surface area contributed by atoms with Crippen LogP contribution in [0.25, 0.3) is 0 Å². The Hall–Kier alpha value is -1.56. The highest BCUT2D eigenvalue weighted by Gasteiger charge is 2.24. The molecule has 0 saturated heterocycles. The molecule has 0 aromatic carbocycles. The lowest BCUT2D eigenvalue weighted by molar-refractivity contribution is 0.0521. The fourth-order valence-corrected chi connectivity index (χ4v) is 1.95. The van der Waals surface area contributed by atoms with Crippen LogP contribution in [-0.2, 0) is 4.74 Å². The number of nitrogens with zero attached hydrogens (tertiary/aromatic N) is 1. The molecule has 1 amide bonds. The fourth-order valence-electron chi connectivity index (χ4n) is 1.18. The summed E-state index contributed by atoms with van der Waals surface area (Å²) in [5, 5.41) is 1.88. The Labute approximate surface area is 97.8 Å². The van der Waals surface area contributed by atoms with Crippen LogP contribution in [0.5, 0.6) is 0 Å². The van der Waals surface area contributed by atoms with E-state index >= 15 is 0 Å². The molecule has 0 saturated carbocycles. The molecule has 0 radical (unpaired) electrons. The monoisotopic (exact) mass is 242 g/mol. The Balaban J connectivity index is 3.12. The molecule has 0 fully saturated rings. The summed E-state index contributed by atoms with van der Waals surface area (Å²) in [5.41, 5.74) is 6.15. The van der Waals surface area contributed by atoms with Crippen LogP contribution in [0.3, 0.4) is 0 Å². The third-order valence-corrected chi connectivity index (χ3v) is 2.75. The molecule has 0 bridgehead atoms. The molecule has 16 heavy (non-hydrogen) atoms. The Bertz CT molecular complexity index is 412. The van der Waals surface area contributed by atoms with Crippen LogP contribution in [-0.4, -0.2) is 37.5 Å². The van der Waals surface area contributed by atoms with Gasteiger partial charge in [0, 0.05) is 19.5 Å². The van der Waals surface area contributed by atoms with Crippen molar-refractivity contribution in [1.29, 1.82) is 0 Å². The Kier molecular flexibility index (Phi) is 3.89. The number of carbonyl (C=O) groups is 2. The van der Waals surface area contributed by atoms with E-state index in [1.165, 1.54) is 4.90 Å². The highest BCUT2D eigenvalue weighted by Crippen LogP contribution is 2.26. The van der Waals surface area contributed by atoms with Crippen molar-refractivity contribution in [3.05, 3.63) is 16.5 Å². The minimum Gasteiger partial charge on any atom is -0.462 e. The number of nitrogens with two attached hydrogens (primary N) is 1. The second-order valence-electron chi connectivity index (χ2n) is 3.31. The van der Waals surface area contributed by atoms with Crippen molar-refractivity contribution in [2.45, 2.75) is 6.92 Å². The number of carbonyl (C=O) groups excluding carboxylic acids is 2. The standard InChI is InChI=1S/C10H14N2O3S/c1-4-15-10(14)6-5-16-8(11)7(6)9(13)12(2)3/h5H,4,11H2,1-3H3. The van der Waals surface area contributed by atoms with Gasteiger partial charge in [-0.2, -0.15) is 0 Å². The first-order valence-electron chi connectivity index (χ1n) is 4.74. The zero-order valence-electron chi connectivity index (χ0n) is 9.44. The average Bonchev–Trinajstić information content (AvgIpc) is 2.59. The zero-order chi connectivity index (χ0) is 12.3. The molecule has 0 unspecified atom stereocenters. The lowest BCUT2D eigenvalue weighted by Crippen LogP contribution is -2.24. The summed E-state index contributed by atoms with van der Waals surface area (Å²) in [6.07, 6.45) is 0. The largest absolute Gasteiger partial charge is 0.462 e. The number of ether oxygens (including phenoxy) is 1. The van der Waals surface area contributed by atoms with E-state index < -0.39 is 5.97 Å². The maximum absolute atomic E-state index is 11.8. The number of amides is 1. The topological polar surface area (TPSA) is 72.6 Å². The van der Waals surface area contributed by atoms with Crippen LogP contribution in [0.1, 0.15) is 27.6 Å². The molecule has 1 aromatic heterocycles. The molecule has 5 nitrogen and oxygen atoms in total. The van der Waals surface area contributed by atoms with Gasteiger partial charge in [0.2, 0.25) is 0 Å². The van der Waals surface area contributed by atoms with Crippen LogP contribution in [0.2, 0.25) is 0 Å².